The summed E-state index contributed by atoms with van der Waals surface area (Å²) in [6, 6.07) is 20.3. The molecule has 0 bridgehead atoms. The minimum atomic E-state index is -0.725. The highest BCUT2D eigenvalue weighted by atomic mass is 16.6. The zero-order valence-electron chi connectivity index (χ0n) is 28.0. The summed E-state index contributed by atoms with van der Waals surface area (Å²) < 4.78 is 19.6. The molecular formula is C37H41N3O8. The van der Waals surface area contributed by atoms with Crippen LogP contribution in [-0.2, 0) is 32.0 Å². The van der Waals surface area contributed by atoms with Gasteiger partial charge in [0.15, 0.2) is 13.2 Å². The Morgan fingerprint density at radius 2 is 1.12 bits per heavy atom. The number of hydrogen-bond donors (Lipinski definition) is 3. The van der Waals surface area contributed by atoms with Crippen molar-refractivity contribution in [1.82, 2.24) is 10.6 Å². The van der Waals surface area contributed by atoms with Crippen molar-refractivity contribution in [2.24, 2.45) is 5.73 Å². The number of esters is 1. The van der Waals surface area contributed by atoms with E-state index in [0.717, 1.165) is 22.3 Å². The number of benzene rings is 3. The van der Waals surface area contributed by atoms with Gasteiger partial charge >= 0.3 is 24.2 Å². The summed E-state index contributed by atoms with van der Waals surface area (Å²) in [5.74, 6) is 10.7. The van der Waals surface area contributed by atoms with Crippen molar-refractivity contribution in [2.45, 2.75) is 53.3 Å². The number of amides is 3. The van der Waals surface area contributed by atoms with Gasteiger partial charge in [-0.25, -0.2) is 19.2 Å². The number of primary amides is 1. The van der Waals surface area contributed by atoms with Gasteiger partial charge in [0, 0.05) is 24.2 Å². The first-order valence-electron chi connectivity index (χ1n) is 14.9. The summed E-state index contributed by atoms with van der Waals surface area (Å²) in [5, 5.41) is 5.33. The van der Waals surface area contributed by atoms with Crippen LogP contribution in [0.5, 0.6) is 0 Å². The molecule has 3 aromatic rings. The van der Waals surface area contributed by atoms with Crippen LogP contribution in [0.25, 0.3) is 0 Å². The summed E-state index contributed by atoms with van der Waals surface area (Å²) >= 11 is 0. The molecule has 0 saturated heterocycles. The van der Waals surface area contributed by atoms with Crippen molar-refractivity contribution in [3.8, 4) is 23.7 Å². The van der Waals surface area contributed by atoms with E-state index in [1.807, 2.05) is 62.4 Å². The van der Waals surface area contributed by atoms with Gasteiger partial charge in [-0.05, 0) is 63.9 Å². The second-order valence-corrected chi connectivity index (χ2v) is 11.3. The smallest absolute Gasteiger partial charge is 0.408 e. The van der Waals surface area contributed by atoms with Crippen molar-refractivity contribution in [3.63, 3.8) is 0 Å². The Morgan fingerprint density at radius 3 is 1.46 bits per heavy atom. The lowest BCUT2D eigenvalue weighted by Crippen LogP contribution is -2.27. The van der Waals surface area contributed by atoms with Crippen molar-refractivity contribution >= 4 is 24.2 Å². The number of nitrogens with one attached hydrogen (secondary N) is 2. The highest BCUT2D eigenvalue weighted by Gasteiger charge is 2.12. The molecule has 0 aliphatic carbocycles. The maximum atomic E-state index is 12.1. The van der Waals surface area contributed by atoms with E-state index in [4.69, 9.17) is 19.9 Å². The van der Waals surface area contributed by atoms with Crippen LogP contribution in [0.4, 0.5) is 14.4 Å². The van der Waals surface area contributed by atoms with Crippen LogP contribution >= 0.6 is 0 Å². The monoisotopic (exact) mass is 655 g/mol. The zero-order valence-corrected chi connectivity index (χ0v) is 28.0. The summed E-state index contributed by atoms with van der Waals surface area (Å²) in [4.78, 5) is 46.0. The lowest BCUT2D eigenvalue weighted by atomic mass is 10.1. The molecular weight excluding hydrogens is 614 g/mol. The van der Waals surface area contributed by atoms with Crippen LogP contribution in [-0.4, -0.2) is 50.2 Å². The Morgan fingerprint density at radius 1 is 0.708 bits per heavy atom. The fourth-order valence-electron chi connectivity index (χ4n) is 3.65. The van der Waals surface area contributed by atoms with E-state index in [0.29, 0.717) is 24.2 Å². The fourth-order valence-corrected chi connectivity index (χ4v) is 3.65. The molecule has 0 atom stereocenters. The van der Waals surface area contributed by atoms with Gasteiger partial charge in [-0.3, -0.25) is 0 Å². The molecule has 3 aromatic carbocycles. The number of carbonyl (C=O) groups excluding carboxylic acids is 4. The van der Waals surface area contributed by atoms with E-state index in [-0.39, 0.29) is 18.8 Å². The molecule has 0 radical (unpaired) electrons. The van der Waals surface area contributed by atoms with Gasteiger partial charge < -0.3 is 35.3 Å². The maximum absolute atomic E-state index is 12.1. The van der Waals surface area contributed by atoms with Gasteiger partial charge in [-0.15, -0.1) is 0 Å². The number of rotatable bonds is 7. The molecule has 0 aliphatic rings. The molecule has 11 nitrogen and oxygen atoms in total. The summed E-state index contributed by atoms with van der Waals surface area (Å²) in [6.07, 6.45) is -1.90. The van der Waals surface area contributed by atoms with E-state index in [1.165, 1.54) is 7.11 Å². The Hall–Kier alpha value is -5.94. The maximum Gasteiger partial charge on any atom is 0.408 e. The quantitative estimate of drug-likeness (QED) is 0.171. The molecule has 3 amide bonds. The normalized spacial score (nSPS) is 9.88. The van der Waals surface area contributed by atoms with E-state index < -0.39 is 29.9 Å². The number of hydrogen-bond acceptors (Lipinski definition) is 8. The van der Waals surface area contributed by atoms with Gasteiger partial charge in [0.05, 0.1) is 12.7 Å². The number of methoxy groups -OCH3 is 1. The van der Waals surface area contributed by atoms with Crippen LogP contribution in [0, 0.1) is 37.5 Å². The zero-order chi connectivity index (χ0) is 35.5. The minimum absolute atomic E-state index is 0.144. The summed E-state index contributed by atoms with van der Waals surface area (Å²) in [7, 11) is 1.28. The summed E-state index contributed by atoms with van der Waals surface area (Å²) in [5.41, 5.74) is 9.66. The first kappa shape index (κ1) is 38.2. The highest BCUT2D eigenvalue weighted by Crippen LogP contribution is 2.11. The highest BCUT2D eigenvalue weighted by molar-refractivity contribution is 5.90. The van der Waals surface area contributed by atoms with Gasteiger partial charge in [0.25, 0.3) is 0 Å². The molecule has 0 spiro atoms. The largest absolute Gasteiger partial charge is 0.465 e. The van der Waals surface area contributed by atoms with Gasteiger partial charge in [-0.1, -0.05) is 83.3 Å². The van der Waals surface area contributed by atoms with Crippen molar-refractivity contribution in [1.29, 1.82) is 0 Å². The number of carbonyl (C=O) groups is 4. The second kappa shape index (κ2) is 19.5. The fraction of sp³-hybridized carbons (Fsp3) is 0.297. The third-order valence-electron chi connectivity index (χ3n) is 5.89. The Kier molecular flexibility index (Phi) is 15.6. The van der Waals surface area contributed by atoms with Gasteiger partial charge in [0.1, 0.15) is 5.60 Å². The third kappa shape index (κ3) is 16.4. The molecule has 0 heterocycles. The molecule has 3 rings (SSSR count). The minimum Gasteiger partial charge on any atom is -0.465 e. The van der Waals surface area contributed by atoms with Crippen molar-refractivity contribution < 1.29 is 38.1 Å². The third-order valence-corrected chi connectivity index (χ3v) is 5.89. The Bertz CT molecular complexity index is 1570. The Labute approximate surface area is 281 Å². The number of ether oxygens (including phenoxy) is 4. The van der Waals surface area contributed by atoms with Crippen LogP contribution in [0.3, 0.4) is 0 Å². The van der Waals surface area contributed by atoms with Crippen LogP contribution in [0.15, 0.2) is 66.7 Å². The predicted molar refractivity (Wildman–Crippen MR) is 181 cm³/mol. The van der Waals surface area contributed by atoms with Crippen LogP contribution in [0.2, 0.25) is 0 Å². The SMILES string of the molecule is CC(C)(C)OC(N)=O.COC(=O)c1cc(C#CCOC(=O)NCc2ccc(C)cc2)cc(C#CCOC(=O)NCc2ccc(C)cc2)c1. The van der Waals surface area contributed by atoms with E-state index in [9.17, 15) is 19.2 Å². The first-order valence-corrected chi connectivity index (χ1v) is 14.9. The van der Waals surface area contributed by atoms with Gasteiger partial charge in [-0.2, -0.15) is 0 Å². The number of alkyl carbamates (subject to hydrolysis) is 2. The molecule has 0 aromatic heterocycles. The second-order valence-electron chi connectivity index (χ2n) is 11.3. The number of aryl methyl sites for hydroxylation is 2. The van der Waals surface area contributed by atoms with E-state index >= 15 is 0 Å². The molecule has 4 N–H and O–H groups in total. The van der Waals surface area contributed by atoms with Crippen LogP contribution in [0.1, 0.15) is 64.5 Å². The van der Waals surface area contributed by atoms with E-state index in [2.05, 4.69) is 39.1 Å². The lowest BCUT2D eigenvalue weighted by molar-refractivity contribution is 0.0590. The van der Waals surface area contributed by atoms with Crippen molar-refractivity contribution in [3.05, 3.63) is 106 Å². The van der Waals surface area contributed by atoms with Gasteiger partial charge in [0.2, 0.25) is 0 Å². The molecule has 11 heteroatoms. The topological polar surface area (TPSA) is 155 Å². The molecule has 48 heavy (non-hydrogen) atoms. The lowest BCUT2D eigenvalue weighted by Gasteiger charge is -2.16. The molecule has 0 saturated carbocycles. The average molecular weight is 656 g/mol. The molecule has 0 unspecified atom stereocenters. The van der Waals surface area contributed by atoms with E-state index in [1.54, 1.807) is 39.0 Å². The standard InChI is InChI=1S/C32H30N2O6.C5H11NO2/c1-23-8-12-25(13-9-23)21-33-31(36)39-16-4-6-27-18-28(20-29(19-27)30(35)38-3)7-5-17-40-32(37)34-22-26-14-10-24(2)11-15-26;1-5(2,3)8-4(6)7/h8-15,18-20H,16-17,21-22H2,1-3H3,(H,33,36)(H,34,37);1-3H3,(H2,6,7). The van der Waals surface area contributed by atoms with Crippen molar-refractivity contribution in [2.75, 3.05) is 20.3 Å². The average Bonchev–Trinajstić information content (AvgIpc) is 3.03. The first-order chi connectivity index (χ1) is 22.7. The molecule has 252 valence electrons. The molecule has 0 fully saturated rings. The van der Waals surface area contributed by atoms with Crippen LogP contribution < -0.4 is 16.4 Å². The number of nitrogens with two attached hydrogens (primary N) is 1. The predicted octanol–water partition coefficient (Wildman–Crippen LogP) is 5.53. The molecule has 0 aliphatic heterocycles. The Balaban J connectivity index is 0.000000886. The summed E-state index contributed by atoms with van der Waals surface area (Å²) in [6.45, 7) is 9.66.